The maximum absolute atomic E-state index is 12.8. The zero-order valence-corrected chi connectivity index (χ0v) is 15.8. The summed E-state index contributed by atoms with van der Waals surface area (Å²) in [7, 11) is 7.87. The molecule has 0 amide bonds. The Bertz CT molecular complexity index is 905. The van der Waals surface area contributed by atoms with Gasteiger partial charge in [-0.3, -0.25) is 4.79 Å². The maximum Gasteiger partial charge on any atom is 0.158 e. The van der Waals surface area contributed by atoms with Crippen molar-refractivity contribution in [1.82, 2.24) is 0 Å². The van der Waals surface area contributed by atoms with Crippen molar-refractivity contribution in [2.75, 3.05) is 7.11 Å². The van der Waals surface area contributed by atoms with Crippen molar-refractivity contribution in [2.45, 2.75) is 17.6 Å². The van der Waals surface area contributed by atoms with Crippen LogP contribution in [0.25, 0.3) is 10.8 Å². The molecular formula is C21H18BBrO2. The molecule has 3 aromatic carbocycles. The molecule has 0 bridgehead atoms. The highest BCUT2D eigenvalue weighted by molar-refractivity contribution is 9.09. The van der Waals surface area contributed by atoms with Gasteiger partial charge in [0.05, 0.1) is 15.0 Å². The van der Waals surface area contributed by atoms with E-state index < -0.39 is 5.82 Å². The normalized spacial score (nSPS) is 13.4. The number of hydrogen-bond acceptors (Lipinski definition) is 2. The molecule has 0 spiro atoms. The first-order valence-corrected chi connectivity index (χ1v) is 8.99. The summed E-state index contributed by atoms with van der Waals surface area (Å²) in [5.74, 6) is 0.0572. The second kappa shape index (κ2) is 7.44. The van der Waals surface area contributed by atoms with Gasteiger partial charge in [-0.25, -0.2) is 0 Å². The monoisotopic (exact) mass is 392 g/mol. The third-order valence-electron chi connectivity index (χ3n) is 4.35. The van der Waals surface area contributed by atoms with Crippen LogP contribution in [0.3, 0.4) is 0 Å². The van der Waals surface area contributed by atoms with Gasteiger partial charge in [0, 0.05) is 16.2 Å². The lowest BCUT2D eigenvalue weighted by Gasteiger charge is -2.19. The van der Waals surface area contributed by atoms with E-state index in [1.807, 2.05) is 67.6 Å². The highest BCUT2D eigenvalue weighted by atomic mass is 79.9. The van der Waals surface area contributed by atoms with Crippen LogP contribution in [0.15, 0.2) is 60.7 Å². The second-order valence-electron chi connectivity index (χ2n) is 6.13. The summed E-state index contributed by atoms with van der Waals surface area (Å²) < 4.78 is 5.23. The number of methoxy groups -OCH3 is 1. The van der Waals surface area contributed by atoms with Gasteiger partial charge in [0.25, 0.3) is 0 Å². The van der Waals surface area contributed by atoms with E-state index in [1.54, 1.807) is 7.11 Å². The zero-order chi connectivity index (χ0) is 18.0. The molecule has 0 aliphatic heterocycles. The van der Waals surface area contributed by atoms with Crippen molar-refractivity contribution in [3.05, 3.63) is 77.4 Å². The topological polar surface area (TPSA) is 26.3 Å². The molecular weight excluding hydrogens is 375 g/mol. The molecule has 3 rings (SSSR count). The number of carbonyl (C=O) groups is 1. The fourth-order valence-corrected chi connectivity index (χ4v) is 3.33. The molecule has 4 heteroatoms. The molecule has 0 saturated heterocycles. The summed E-state index contributed by atoms with van der Waals surface area (Å²) in [6.07, 6.45) is 0. The predicted octanol–water partition coefficient (Wildman–Crippen LogP) is 5.43. The minimum Gasteiger partial charge on any atom is -0.497 e. The quantitative estimate of drug-likeness (QED) is 0.328. The molecule has 0 N–H and O–H groups in total. The van der Waals surface area contributed by atoms with Gasteiger partial charge in [-0.1, -0.05) is 64.0 Å². The molecule has 0 fully saturated rings. The van der Waals surface area contributed by atoms with Crippen molar-refractivity contribution in [3.63, 3.8) is 0 Å². The Morgan fingerprint density at radius 2 is 1.64 bits per heavy atom. The standard InChI is InChI=1S/C21H18BBrO2/c1-13-3-5-14(6-4-13)20(23)19(22)21(24)17-8-7-16-12-18(25-2)10-9-15(16)11-17/h3-12,19-20H,1-2H3. The molecule has 25 heavy (non-hydrogen) atoms. The Hall–Kier alpha value is -2.07. The third-order valence-corrected chi connectivity index (χ3v) is 5.44. The molecule has 2 unspecified atom stereocenters. The average Bonchev–Trinajstić information content (AvgIpc) is 2.66. The molecule has 124 valence electrons. The van der Waals surface area contributed by atoms with E-state index in [1.165, 1.54) is 5.56 Å². The van der Waals surface area contributed by atoms with E-state index in [9.17, 15) is 4.79 Å². The third kappa shape index (κ3) is 3.79. The first kappa shape index (κ1) is 17.7. The van der Waals surface area contributed by atoms with Crippen molar-refractivity contribution in [1.29, 1.82) is 0 Å². The molecule has 3 aromatic rings. The molecule has 0 aromatic heterocycles. The number of ketones is 1. The van der Waals surface area contributed by atoms with E-state index in [-0.39, 0.29) is 10.6 Å². The first-order valence-electron chi connectivity index (χ1n) is 8.08. The molecule has 0 aliphatic rings. The predicted molar refractivity (Wildman–Crippen MR) is 107 cm³/mol. The lowest BCUT2D eigenvalue weighted by molar-refractivity contribution is 0.0983. The van der Waals surface area contributed by atoms with Gasteiger partial charge < -0.3 is 4.74 Å². The van der Waals surface area contributed by atoms with Gasteiger partial charge in [-0.05, 0) is 41.5 Å². The van der Waals surface area contributed by atoms with Crippen LogP contribution in [-0.4, -0.2) is 20.7 Å². The Balaban J connectivity index is 1.86. The van der Waals surface area contributed by atoms with E-state index in [0.717, 1.165) is 22.1 Å². The van der Waals surface area contributed by atoms with Gasteiger partial charge >= 0.3 is 0 Å². The number of Topliss-reactive ketones (excluding diaryl/α,β-unsaturated/α-hetero) is 1. The molecule has 0 heterocycles. The highest BCUT2D eigenvalue weighted by Gasteiger charge is 2.24. The maximum atomic E-state index is 12.8. The van der Waals surface area contributed by atoms with Gasteiger partial charge in [-0.2, -0.15) is 0 Å². The van der Waals surface area contributed by atoms with Crippen molar-refractivity contribution in [2.24, 2.45) is 0 Å². The van der Waals surface area contributed by atoms with Crippen LogP contribution in [0.2, 0.25) is 5.82 Å². The Morgan fingerprint density at radius 1 is 1.00 bits per heavy atom. The lowest BCUT2D eigenvalue weighted by Crippen LogP contribution is -2.14. The van der Waals surface area contributed by atoms with Crippen molar-refractivity contribution >= 4 is 40.3 Å². The fraction of sp³-hybridized carbons (Fsp3) is 0.190. The molecule has 0 saturated carbocycles. The first-order chi connectivity index (χ1) is 12.0. The Labute approximate surface area is 157 Å². The van der Waals surface area contributed by atoms with Crippen LogP contribution in [0.5, 0.6) is 5.75 Å². The largest absolute Gasteiger partial charge is 0.497 e. The smallest absolute Gasteiger partial charge is 0.158 e. The number of ether oxygens (including phenoxy) is 1. The van der Waals surface area contributed by atoms with Crippen LogP contribution in [0, 0.1) is 6.92 Å². The van der Waals surface area contributed by atoms with Gasteiger partial charge in [-0.15, -0.1) is 0 Å². The number of alkyl halides is 1. The summed E-state index contributed by atoms with van der Waals surface area (Å²) in [6, 6.07) is 19.4. The van der Waals surface area contributed by atoms with Gasteiger partial charge in [0.1, 0.15) is 5.75 Å². The number of fused-ring (bicyclic) bond motifs is 1. The van der Waals surface area contributed by atoms with Gasteiger partial charge in [0.2, 0.25) is 0 Å². The van der Waals surface area contributed by atoms with E-state index in [2.05, 4.69) is 15.9 Å². The Morgan fingerprint density at radius 3 is 2.32 bits per heavy atom. The van der Waals surface area contributed by atoms with Crippen molar-refractivity contribution < 1.29 is 9.53 Å². The lowest BCUT2D eigenvalue weighted by atomic mass is 9.76. The summed E-state index contributed by atoms with van der Waals surface area (Å²) in [5, 5.41) is 2.01. The van der Waals surface area contributed by atoms with Crippen molar-refractivity contribution in [3.8, 4) is 5.75 Å². The second-order valence-corrected chi connectivity index (χ2v) is 7.12. The van der Waals surface area contributed by atoms with Crippen LogP contribution in [0.1, 0.15) is 26.3 Å². The fourth-order valence-electron chi connectivity index (χ4n) is 2.79. The van der Waals surface area contributed by atoms with Gasteiger partial charge in [0.15, 0.2) is 5.78 Å². The van der Waals surface area contributed by atoms with E-state index >= 15 is 0 Å². The minimum atomic E-state index is -0.654. The molecule has 0 aliphatic carbocycles. The zero-order valence-electron chi connectivity index (χ0n) is 14.2. The van der Waals surface area contributed by atoms with Crippen LogP contribution >= 0.6 is 15.9 Å². The highest BCUT2D eigenvalue weighted by Crippen LogP contribution is 2.36. The summed E-state index contributed by atoms with van der Waals surface area (Å²) in [5.41, 5.74) is 2.78. The Kier molecular flexibility index (Phi) is 5.29. The molecule has 2 radical (unpaired) electrons. The SMILES string of the molecule is [B]C(C(=O)c1ccc2cc(OC)ccc2c1)C(Br)c1ccc(C)cc1. The number of benzene rings is 3. The summed E-state index contributed by atoms with van der Waals surface area (Å²) in [6.45, 7) is 2.03. The number of hydrogen-bond donors (Lipinski definition) is 0. The van der Waals surface area contributed by atoms with E-state index in [0.29, 0.717) is 5.56 Å². The number of rotatable bonds is 5. The molecule has 2 atom stereocenters. The van der Waals surface area contributed by atoms with Crippen LogP contribution < -0.4 is 4.74 Å². The van der Waals surface area contributed by atoms with E-state index in [4.69, 9.17) is 12.6 Å². The number of carbonyl (C=O) groups excluding carboxylic acids is 1. The van der Waals surface area contributed by atoms with Crippen LogP contribution in [-0.2, 0) is 0 Å². The summed E-state index contributed by atoms with van der Waals surface area (Å²) in [4.78, 5) is 12.6. The minimum absolute atomic E-state index is 0.0832. The number of halogens is 1. The summed E-state index contributed by atoms with van der Waals surface area (Å²) >= 11 is 3.58. The van der Waals surface area contributed by atoms with Crippen LogP contribution in [0.4, 0.5) is 0 Å². The average molecular weight is 393 g/mol. The molecule has 2 nitrogen and oxygen atoms in total. The number of aryl methyl sites for hydroxylation is 1.